The van der Waals surface area contributed by atoms with E-state index in [2.05, 4.69) is 32.5 Å². The summed E-state index contributed by atoms with van der Waals surface area (Å²) in [6.45, 7) is 2.94. The van der Waals surface area contributed by atoms with Crippen molar-refractivity contribution in [3.63, 3.8) is 0 Å². The molecule has 0 radical (unpaired) electrons. The quantitative estimate of drug-likeness (QED) is 0.732. The molecule has 0 aliphatic carbocycles. The van der Waals surface area contributed by atoms with Gasteiger partial charge in [-0.3, -0.25) is 19.3 Å². The number of carbonyl (C=O) groups is 2. The lowest BCUT2D eigenvalue weighted by Gasteiger charge is -2.36. The molecule has 0 unspecified atom stereocenters. The normalized spacial score (nSPS) is 14.3. The van der Waals surface area contributed by atoms with Gasteiger partial charge in [0, 0.05) is 50.9 Å². The van der Waals surface area contributed by atoms with E-state index in [1.807, 2.05) is 35.2 Å². The van der Waals surface area contributed by atoms with Crippen molar-refractivity contribution in [2.45, 2.75) is 12.8 Å². The number of piperazine rings is 1. The van der Waals surface area contributed by atoms with Gasteiger partial charge in [0.1, 0.15) is 0 Å². The Balaban J connectivity index is 1.25. The summed E-state index contributed by atoms with van der Waals surface area (Å²) < 4.78 is 1.70. The second-order valence-corrected chi connectivity index (χ2v) is 6.70. The summed E-state index contributed by atoms with van der Waals surface area (Å²) in [6, 6.07) is 15.7. The second kappa shape index (κ2) is 8.08. The minimum Gasteiger partial charge on any atom is -0.368 e. The van der Waals surface area contributed by atoms with Crippen molar-refractivity contribution in [3.8, 4) is 0 Å². The van der Waals surface area contributed by atoms with Gasteiger partial charge in [-0.25, -0.2) is 0 Å². The third-order valence-electron chi connectivity index (χ3n) is 4.88. The highest BCUT2D eigenvalue weighted by Gasteiger charge is 2.21. The summed E-state index contributed by atoms with van der Waals surface area (Å²) in [5.74, 6) is 0.132. The number of para-hydroxylation sites is 1. The average molecular weight is 378 g/mol. The van der Waals surface area contributed by atoms with Gasteiger partial charge in [-0.05, 0) is 24.3 Å². The molecular formula is C20H22N6O2. The number of benzene rings is 1. The first kappa shape index (κ1) is 18.0. The van der Waals surface area contributed by atoms with Crippen molar-refractivity contribution in [1.82, 2.24) is 19.5 Å². The largest absolute Gasteiger partial charge is 0.368 e. The Bertz CT molecular complexity index is 963. The van der Waals surface area contributed by atoms with E-state index < -0.39 is 0 Å². The topological polar surface area (TPSA) is 82.8 Å². The number of anilines is 2. The number of fused-ring (bicyclic) bond motifs is 1. The summed E-state index contributed by atoms with van der Waals surface area (Å²) in [7, 11) is 0. The third kappa shape index (κ3) is 3.95. The molecular weight excluding hydrogens is 356 g/mol. The Labute approximate surface area is 162 Å². The number of aromatic nitrogens is 3. The molecule has 0 spiro atoms. The fourth-order valence-electron chi connectivity index (χ4n) is 3.35. The van der Waals surface area contributed by atoms with Crippen LogP contribution in [0, 0.1) is 0 Å². The maximum Gasteiger partial charge on any atom is 0.235 e. The van der Waals surface area contributed by atoms with Crippen molar-refractivity contribution >= 4 is 29.1 Å². The van der Waals surface area contributed by atoms with Crippen molar-refractivity contribution in [2.24, 2.45) is 0 Å². The summed E-state index contributed by atoms with van der Waals surface area (Å²) >= 11 is 0. The van der Waals surface area contributed by atoms with Gasteiger partial charge in [0.2, 0.25) is 17.8 Å². The molecule has 2 aromatic heterocycles. The first-order chi connectivity index (χ1) is 13.7. The lowest BCUT2D eigenvalue weighted by molar-refractivity contribution is -0.133. The molecule has 0 bridgehead atoms. The molecule has 1 aliphatic rings. The maximum atomic E-state index is 12.5. The zero-order chi connectivity index (χ0) is 19.3. The molecule has 4 rings (SSSR count). The fourth-order valence-corrected chi connectivity index (χ4v) is 3.35. The van der Waals surface area contributed by atoms with E-state index in [1.165, 1.54) is 5.69 Å². The van der Waals surface area contributed by atoms with Crippen LogP contribution in [0.25, 0.3) is 5.65 Å². The van der Waals surface area contributed by atoms with Gasteiger partial charge in [-0.2, -0.15) is 0 Å². The van der Waals surface area contributed by atoms with E-state index in [0.717, 1.165) is 13.1 Å². The molecule has 1 aliphatic heterocycles. The molecule has 8 nitrogen and oxygen atoms in total. The predicted molar refractivity (Wildman–Crippen MR) is 106 cm³/mol. The van der Waals surface area contributed by atoms with Gasteiger partial charge in [0.25, 0.3) is 0 Å². The number of hydrogen-bond donors (Lipinski definition) is 1. The molecule has 8 heteroatoms. The summed E-state index contributed by atoms with van der Waals surface area (Å²) in [5.41, 5.74) is 1.83. The first-order valence-electron chi connectivity index (χ1n) is 9.38. The lowest BCUT2D eigenvalue weighted by Crippen LogP contribution is -2.48. The van der Waals surface area contributed by atoms with Crippen LogP contribution in [0.3, 0.4) is 0 Å². The van der Waals surface area contributed by atoms with Crippen LogP contribution in [0.15, 0.2) is 54.7 Å². The highest BCUT2D eigenvalue weighted by Crippen LogP contribution is 2.16. The molecule has 1 saturated heterocycles. The third-order valence-corrected chi connectivity index (χ3v) is 4.88. The van der Waals surface area contributed by atoms with Crippen molar-refractivity contribution in [2.75, 3.05) is 36.4 Å². The van der Waals surface area contributed by atoms with Crippen LogP contribution in [0.5, 0.6) is 0 Å². The number of hydrogen-bond acceptors (Lipinski definition) is 5. The molecule has 0 atom stereocenters. The average Bonchev–Trinajstić information content (AvgIpc) is 3.15. The minimum atomic E-state index is -0.241. The highest BCUT2D eigenvalue weighted by molar-refractivity contribution is 5.92. The molecule has 1 fully saturated rings. The van der Waals surface area contributed by atoms with Gasteiger partial charge in [-0.15, -0.1) is 10.2 Å². The van der Waals surface area contributed by atoms with Gasteiger partial charge in [0.05, 0.1) is 0 Å². The summed E-state index contributed by atoms with van der Waals surface area (Å²) in [5, 5.41) is 10.7. The molecule has 3 aromatic rings. The smallest absolute Gasteiger partial charge is 0.235 e. The molecule has 1 N–H and O–H groups in total. The van der Waals surface area contributed by atoms with Crippen LogP contribution in [0.4, 0.5) is 11.6 Å². The van der Waals surface area contributed by atoms with E-state index in [4.69, 9.17) is 0 Å². The Morgan fingerprint density at radius 2 is 1.64 bits per heavy atom. The Kier molecular flexibility index (Phi) is 5.18. The van der Waals surface area contributed by atoms with Crippen LogP contribution in [0.1, 0.15) is 12.8 Å². The monoisotopic (exact) mass is 378 g/mol. The van der Waals surface area contributed by atoms with E-state index in [9.17, 15) is 9.59 Å². The van der Waals surface area contributed by atoms with Gasteiger partial charge < -0.3 is 9.80 Å². The zero-order valence-electron chi connectivity index (χ0n) is 15.5. The maximum absolute atomic E-state index is 12.5. The molecule has 1 aromatic carbocycles. The van der Waals surface area contributed by atoms with Crippen LogP contribution in [0.2, 0.25) is 0 Å². The SMILES string of the molecule is O=C(CCC(=O)N1CCN(c2ccccc2)CC1)Nc1nnc2ccccn12. The molecule has 3 heterocycles. The van der Waals surface area contributed by atoms with E-state index in [-0.39, 0.29) is 24.7 Å². The van der Waals surface area contributed by atoms with Crippen molar-refractivity contribution in [3.05, 3.63) is 54.7 Å². The number of pyridine rings is 1. The van der Waals surface area contributed by atoms with Crippen LogP contribution >= 0.6 is 0 Å². The number of rotatable bonds is 5. The number of nitrogens with one attached hydrogen (secondary N) is 1. The number of nitrogens with zero attached hydrogens (tertiary/aromatic N) is 5. The van der Waals surface area contributed by atoms with Gasteiger partial charge in [-0.1, -0.05) is 24.3 Å². The van der Waals surface area contributed by atoms with Crippen LogP contribution in [-0.4, -0.2) is 57.5 Å². The standard InChI is InChI=1S/C20H22N6O2/c27-18(21-20-23-22-17-8-4-5-11-26(17)20)9-10-19(28)25-14-12-24(13-15-25)16-6-2-1-3-7-16/h1-8,11H,9-10,12-15H2,(H,21,23,27). The van der Waals surface area contributed by atoms with Crippen molar-refractivity contribution < 1.29 is 9.59 Å². The molecule has 2 amide bonds. The number of carbonyl (C=O) groups excluding carboxylic acids is 2. The molecule has 28 heavy (non-hydrogen) atoms. The summed E-state index contributed by atoms with van der Waals surface area (Å²) in [4.78, 5) is 28.8. The van der Waals surface area contributed by atoms with E-state index in [1.54, 1.807) is 16.7 Å². The zero-order valence-corrected chi connectivity index (χ0v) is 15.5. The number of amides is 2. The Hall–Kier alpha value is -3.42. The molecule has 0 saturated carbocycles. The highest BCUT2D eigenvalue weighted by atomic mass is 16.2. The first-order valence-corrected chi connectivity index (χ1v) is 9.38. The lowest BCUT2D eigenvalue weighted by atomic mass is 10.2. The van der Waals surface area contributed by atoms with Crippen LogP contribution in [-0.2, 0) is 9.59 Å². The molecule has 144 valence electrons. The van der Waals surface area contributed by atoms with Crippen molar-refractivity contribution in [1.29, 1.82) is 0 Å². The van der Waals surface area contributed by atoms with Gasteiger partial charge in [0.15, 0.2) is 5.65 Å². The predicted octanol–water partition coefficient (Wildman–Crippen LogP) is 1.80. The Morgan fingerprint density at radius 1 is 0.893 bits per heavy atom. The van der Waals surface area contributed by atoms with Crippen LogP contribution < -0.4 is 10.2 Å². The van der Waals surface area contributed by atoms with E-state index in [0.29, 0.717) is 24.7 Å². The van der Waals surface area contributed by atoms with E-state index >= 15 is 0 Å². The fraction of sp³-hybridized carbons (Fsp3) is 0.300. The second-order valence-electron chi connectivity index (χ2n) is 6.70. The van der Waals surface area contributed by atoms with Gasteiger partial charge >= 0.3 is 0 Å². The summed E-state index contributed by atoms with van der Waals surface area (Å²) in [6.07, 6.45) is 2.09. The Morgan fingerprint density at radius 3 is 2.43 bits per heavy atom. The minimum absolute atomic E-state index is 0.00830.